The molecule has 1 unspecified atom stereocenters. The Balaban J connectivity index is 2.92. The first-order chi connectivity index (χ1) is 9.56. The fourth-order valence-electron chi connectivity index (χ4n) is 2.82. The van der Waals surface area contributed by atoms with E-state index in [0.717, 1.165) is 37.2 Å². The van der Waals surface area contributed by atoms with Gasteiger partial charge in [-0.3, -0.25) is 4.68 Å². The van der Waals surface area contributed by atoms with Gasteiger partial charge in [0, 0.05) is 25.3 Å². The van der Waals surface area contributed by atoms with Gasteiger partial charge in [-0.1, -0.05) is 20.8 Å². The second-order valence-electron chi connectivity index (χ2n) is 5.22. The summed E-state index contributed by atoms with van der Waals surface area (Å²) in [5.41, 5.74) is 1.75. The van der Waals surface area contributed by atoms with Gasteiger partial charge in [0.15, 0.2) is 0 Å². The SMILES string of the molecule is CCOC(CC)(CC)C(O)Cc1cc(CC)nn1CC. The molecular formula is C16H30N2O2. The van der Waals surface area contributed by atoms with E-state index < -0.39 is 11.7 Å². The standard InChI is InChI=1S/C16H30N2O2/c1-6-13-11-14(18(9-4)17-13)12-15(19)16(7-2,8-3)20-10-5/h11,15,19H,6-10,12H2,1-5H3. The van der Waals surface area contributed by atoms with Gasteiger partial charge in [-0.15, -0.1) is 0 Å². The zero-order chi connectivity index (χ0) is 15.2. The summed E-state index contributed by atoms with van der Waals surface area (Å²) in [6.07, 6.45) is 2.67. The Morgan fingerprint density at radius 3 is 2.35 bits per heavy atom. The van der Waals surface area contributed by atoms with E-state index >= 15 is 0 Å². The molecular weight excluding hydrogens is 252 g/mol. The lowest BCUT2D eigenvalue weighted by molar-refractivity contribution is -0.124. The van der Waals surface area contributed by atoms with Gasteiger partial charge < -0.3 is 9.84 Å². The van der Waals surface area contributed by atoms with Crippen LogP contribution in [0.15, 0.2) is 6.07 Å². The van der Waals surface area contributed by atoms with E-state index in [4.69, 9.17) is 4.74 Å². The van der Waals surface area contributed by atoms with Crippen LogP contribution in [0.4, 0.5) is 0 Å². The summed E-state index contributed by atoms with van der Waals surface area (Å²) in [4.78, 5) is 0. The summed E-state index contributed by atoms with van der Waals surface area (Å²) >= 11 is 0. The largest absolute Gasteiger partial charge is 0.390 e. The Kier molecular flexibility index (Phi) is 6.69. The summed E-state index contributed by atoms with van der Waals surface area (Å²) in [5.74, 6) is 0. The first-order valence-corrected chi connectivity index (χ1v) is 7.94. The molecule has 1 aromatic heterocycles. The van der Waals surface area contributed by atoms with Crippen molar-refractivity contribution in [1.82, 2.24) is 9.78 Å². The molecule has 116 valence electrons. The summed E-state index contributed by atoms with van der Waals surface area (Å²) in [6, 6.07) is 2.11. The van der Waals surface area contributed by atoms with Gasteiger partial charge in [0.1, 0.15) is 0 Å². The molecule has 4 heteroatoms. The highest BCUT2D eigenvalue weighted by Gasteiger charge is 2.35. The van der Waals surface area contributed by atoms with Crippen molar-refractivity contribution in [2.75, 3.05) is 6.61 Å². The number of aliphatic hydroxyl groups is 1. The van der Waals surface area contributed by atoms with Crippen molar-refractivity contribution in [3.8, 4) is 0 Å². The van der Waals surface area contributed by atoms with Gasteiger partial charge >= 0.3 is 0 Å². The third kappa shape index (κ3) is 3.61. The van der Waals surface area contributed by atoms with Crippen LogP contribution in [0.2, 0.25) is 0 Å². The molecule has 1 atom stereocenters. The van der Waals surface area contributed by atoms with Gasteiger partial charge in [-0.25, -0.2) is 0 Å². The number of aryl methyl sites for hydroxylation is 2. The molecule has 0 saturated carbocycles. The predicted octanol–water partition coefficient (Wildman–Crippen LogP) is 2.96. The molecule has 0 aliphatic rings. The van der Waals surface area contributed by atoms with Crippen LogP contribution in [0.5, 0.6) is 0 Å². The predicted molar refractivity (Wildman–Crippen MR) is 81.9 cm³/mol. The van der Waals surface area contributed by atoms with Crippen molar-refractivity contribution in [3.63, 3.8) is 0 Å². The highest BCUT2D eigenvalue weighted by atomic mass is 16.5. The Morgan fingerprint density at radius 1 is 1.25 bits per heavy atom. The molecule has 1 aromatic rings. The van der Waals surface area contributed by atoms with Gasteiger partial charge in [0.05, 0.1) is 17.4 Å². The summed E-state index contributed by atoms with van der Waals surface area (Å²) in [5, 5.41) is 15.2. The molecule has 1 heterocycles. The fraction of sp³-hybridized carbons (Fsp3) is 0.812. The van der Waals surface area contributed by atoms with E-state index in [0.29, 0.717) is 13.0 Å². The van der Waals surface area contributed by atoms with E-state index in [1.165, 1.54) is 0 Å². The van der Waals surface area contributed by atoms with Crippen molar-refractivity contribution in [2.45, 2.75) is 78.6 Å². The van der Waals surface area contributed by atoms with Crippen LogP contribution in [-0.2, 0) is 24.1 Å². The van der Waals surface area contributed by atoms with Crippen LogP contribution in [-0.4, -0.2) is 33.2 Å². The quantitative estimate of drug-likeness (QED) is 0.757. The lowest BCUT2D eigenvalue weighted by atomic mass is 9.87. The zero-order valence-electron chi connectivity index (χ0n) is 13.6. The Labute approximate surface area is 123 Å². The van der Waals surface area contributed by atoms with E-state index in [2.05, 4.69) is 38.9 Å². The Hall–Kier alpha value is -0.870. The van der Waals surface area contributed by atoms with Gasteiger partial charge in [-0.05, 0) is 39.2 Å². The Bertz CT molecular complexity index is 397. The summed E-state index contributed by atoms with van der Waals surface area (Å²) < 4.78 is 7.88. The van der Waals surface area contributed by atoms with Crippen molar-refractivity contribution in [2.24, 2.45) is 0 Å². The van der Waals surface area contributed by atoms with E-state index in [9.17, 15) is 5.11 Å². The lowest BCUT2D eigenvalue weighted by Crippen LogP contribution is -2.45. The topological polar surface area (TPSA) is 47.3 Å². The molecule has 0 aromatic carbocycles. The van der Waals surface area contributed by atoms with Crippen LogP contribution in [0.25, 0.3) is 0 Å². The number of ether oxygens (including phenoxy) is 1. The molecule has 1 N–H and O–H groups in total. The molecule has 0 bridgehead atoms. The minimum absolute atomic E-state index is 0.441. The first-order valence-electron chi connectivity index (χ1n) is 7.94. The second kappa shape index (κ2) is 7.79. The summed E-state index contributed by atoms with van der Waals surface area (Å²) in [6.45, 7) is 11.8. The fourth-order valence-corrected chi connectivity index (χ4v) is 2.82. The second-order valence-corrected chi connectivity index (χ2v) is 5.22. The van der Waals surface area contributed by atoms with Crippen LogP contribution in [0, 0.1) is 0 Å². The van der Waals surface area contributed by atoms with Crippen molar-refractivity contribution in [3.05, 3.63) is 17.5 Å². The van der Waals surface area contributed by atoms with Crippen molar-refractivity contribution >= 4 is 0 Å². The van der Waals surface area contributed by atoms with E-state index in [1.807, 2.05) is 11.6 Å². The minimum atomic E-state index is -0.496. The molecule has 20 heavy (non-hydrogen) atoms. The molecule has 0 fully saturated rings. The van der Waals surface area contributed by atoms with Crippen molar-refractivity contribution in [1.29, 1.82) is 0 Å². The van der Waals surface area contributed by atoms with E-state index in [1.54, 1.807) is 0 Å². The maximum Gasteiger partial charge on any atom is 0.0938 e. The minimum Gasteiger partial charge on any atom is -0.390 e. The van der Waals surface area contributed by atoms with Gasteiger partial charge in [-0.2, -0.15) is 5.10 Å². The number of rotatable bonds is 9. The molecule has 0 aliphatic carbocycles. The average Bonchev–Trinajstić information content (AvgIpc) is 2.86. The number of aliphatic hydroxyl groups excluding tert-OH is 1. The maximum atomic E-state index is 10.7. The van der Waals surface area contributed by atoms with Gasteiger partial charge in [0.2, 0.25) is 0 Å². The van der Waals surface area contributed by atoms with Gasteiger partial charge in [0.25, 0.3) is 0 Å². The Morgan fingerprint density at radius 2 is 1.90 bits per heavy atom. The lowest BCUT2D eigenvalue weighted by Gasteiger charge is -2.36. The molecule has 0 amide bonds. The molecule has 0 aliphatic heterocycles. The highest BCUT2D eigenvalue weighted by Crippen LogP contribution is 2.27. The number of hydrogen-bond donors (Lipinski definition) is 1. The van der Waals surface area contributed by atoms with Crippen LogP contribution >= 0.6 is 0 Å². The van der Waals surface area contributed by atoms with Crippen LogP contribution in [0.1, 0.15) is 58.8 Å². The van der Waals surface area contributed by atoms with E-state index in [-0.39, 0.29) is 0 Å². The molecule has 0 saturated heterocycles. The average molecular weight is 282 g/mol. The van der Waals surface area contributed by atoms with Crippen molar-refractivity contribution < 1.29 is 9.84 Å². The summed E-state index contributed by atoms with van der Waals surface area (Å²) in [7, 11) is 0. The molecule has 1 rings (SSSR count). The zero-order valence-corrected chi connectivity index (χ0v) is 13.6. The molecule has 0 spiro atoms. The maximum absolute atomic E-state index is 10.7. The smallest absolute Gasteiger partial charge is 0.0938 e. The number of aromatic nitrogens is 2. The first kappa shape index (κ1) is 17.2. The normalized spacial score (nSPS) is 13.7. The number of nitrogens with zero attached hydrogens (tertiary/aromatic N) is 2. The monoisotopic (exact) mass is 282 g/mol. The third-order valence-electron chi connectivity index (χ3n) is 4.21. The molecule has 4 nitrogen and oxygen atoms in total. The molecule has 0 radical (unpaired) electrons. The van der Waals surface area contributed by atoms with Crippen LogP contribution in [0.3, 0.4) is 0 Å². The number of hydrogen-bond acceptors (Lipinski definition) is 3. The highest BCUT2D eigenvalue weighted by molar-refractivity contribution is 5.12. The third-order valence-corrected chi connectivity index (χ3v) is 4.21. The van der Waals surface area contributed by atoms with Crippen LogP contribution < -0.4 is 0 Å².